The summed E-state index contributed by atoms with van der Waals surface area (Å²) < 4.78 is 5.07. The van der Waals surface area contributed by atoms with Crippen molar-refractivity contribution in [2.24, 2.45) is 0 Å². The number of ether oxygens (including phenoxy) is 1. The van der Waals surface area contributed by atoms with Gasteiger partial charge in [-0.15, -0.1) is 0 Å². The lowest BCUT2D eigenvalue weighted by Gasteiger charge is -2.19. The fourth-order valence-corrected chi connectivity index (χ4v) is 2.60. The second-order valence-electron chi connectivity index (χ2n) is 7.71. The average Bonchev–Trinajstić information content (AvgIpc) is 2.69. The quantitative estimate of drug-likeness (QED) is 0.560. The van der Waals surface area contributed by atoms with E-state index in [2.05, 4.69) is 16.0 Å². The maximum Gasteiger partial charge on any atom is 0.408 e. The molecule has 3 N–H and O–H groups in total. The molecule has 2 aromatic rings. The molecule has 0 aliphatic heterocycles. The number of benzene rings is 2. The van der Waals surface area contributed by atoms with Gasteiger partial charge in [-0.3, -0.25) is 9.59 Å². The van der Waals surface area contributed by atoms with Gasteiger partial charge in [-0.05, 0) is 62.2 Å². The molecule has 0 aromatic heterocycles. The Hall–Kier alpha value is -3.32. The van der Waals surface area contributed by atoms with E-state index in [0.717, 1.165) is 11.1 Å². The molecule has 8 heteroatoms. The van der Waals surface area contributed by atoms with Crippen molar-refractivity contribution in [2.75, 3.05) is 11.9 Å². The number of nitrogens with one attached hydrogen (secondary N) is 3. The van der Waals surface area contributed by atoms with Gasteiger partial charge in [0.15, 0.2) is 0 Å². The van der Waals surface area contributed by atoms with Crippen LogP contribution in [0.5, 0.6) is 0 Å². The van der Waals surface area contributed by atoms with Gasteiger partial charge in [0.25, 0.3) is 0 Å². The summed E-state index contributed by atoms with van der Waals surface area (Å²) >= 11 is 5.92. The molecule has 2 aromatic carbocycles. The van der Waals surface area contributed by atoms with E-state index in [9.17, 15) is 14.4 Å². The summed E-state index contributed by atoms with van der Waals surface area (Å²) in [6.07, 6.45) is 2.46. The highest BCUT2D eigenvalue weighted by Gasteiger charge is 2.16. The van der Waals surface area contributed by atoms with Crippen molar-refractivity contribution in [3.8, 4) is 0 Å². The summed E-state index contributed by atoms with van der Waals surface area (Å²) in [6.45, 7) is 5.34. The van der Waals surface area contributed by atoms with E-state index in [-0.39, 0.29) is 24.9 Å². The molecule has 0 saturated heterocycles. The van der Waals surface area contributed by atoms with Crippen LogP contribution in [0.1, 0.15) is 31.9 Å². The summed E-state index contributed by atoms with van der Waals surface area (Å²) in [4.78, 5) is 35.5. The fraction of sp³-hybridized carbons (Fsp3) is 0.261. The Morgan fingerprint density at radius 1 is 1.03 bits per heavy atom. The van der Waals surface area contributed by atoms with E-state index in [1.165, 1.54) is 6.08 Å². The van der Waals surface area contributed by atoms with Crippen molar-refractivity contribution < 1.29 is 19.1 Å². The SMILES string of the molecule is CC(C)(C)OC(=O)NCC(=O)NCc1ccc(NC(=O)/C=C/c2cccc(Cl)c2)cc1. The molecule has 0 saturated carbocycles. The molecule has 0 aliphatic rings. The molecule has 0 radical (unpaired) electrons. The van der Waals surface area contributed by atoms with E-state index >= 15 is 0 Å². The van der Waals surface area contributed by atoms with Crippen LogP contribution in [0, 0.1) is 0 Å². The Morgan fingerprint density at radius 3 is 2.39 bits per heavy atom. The van der Waals surface area contributed by atoms with Crippen LogP contribution in [0.2, 0.25) is 5.02 Å². The maximum absolute atomic E-state index is 12.1. The van der Waals surface area contributed by atoms with E-state index in [1.54, 1.807) is 63.2 Å². The lowest BCUT2D eigenvalue weighted by molar-refractivity contribution is -0.120. The van der Waals surface area contributed by atoms with Gasteiger partial charge in [0, 0.05) is 23.3 Å². The third-order valence-corrected chi connectivity index (χ3v) is 4.01. The minimum Gasteiger partial charge on any atom is -0.444 e. The van der Waals surface area contributed by atoms with Gasteiger partial charge in [0.05, 0.1) is 0 Å². The second kappa shape index (κ2) is 11.2. The molecular weight excluding hydrogens is 418 g/mol. The summed E-state index contributed by atoms with van der Waals surface area (Å²) in [6, 6.07) is 14.2. The molecule has 31 heavy (non-hydrogen) atoms. The maximum atomic E-state index is 12.1. The lowest BCUT2D eigenvalue weighted by atomic mass is 10.2. The molecule has 0 fully saturated rings. The van der Waals surface area contributed by atoms with Gasteiger partial charge in [-0.1, -0.05) is 35.9 Å². The Balaban J connectivity index is 1.75. The van der Waals surface area contributed by atoms with Crippen molar-refractivity contribution in [2.45, 2.75) is 32.9 Å². The smallest absolute Gasteiger partial charge is 0.408 e. The fourth-order valence-electron chi connectivity index (χ4n) is 2.40. The number of halogens is 1. The van der Waals surface area contributed by atoms with Gasteiger partial charge >= 0.3 is 6.09 Å². The van der Waals surface area contributed by atoms with E-state index in [1.807, 2.05) is 12.1 Å². The molecule has 0 spiro atoms. The van der Waals surface area contributed by atoms with E-state index < -0.39 is 11.7 Å². The van der Waals surface area contributed by atoms with Gasteiger partial charge in [0.1, 0.15) is 12.1 Å². The third-order valence-electron chi connectivity index (χ3n) is 3.78. The number of hydrogen-bond acceptors (Lipinski definition) is 4. The Labute approximate surface area is 186 Å². The van der Waals surface area contributed by atoms with Crippen LogP contribution in [0.4, 0.5) is 10.5 Å². The molecule has 0 unspecified atom stereocenters. The third kappa shape index (κ3) is 9.82. The predicted octanol–water partition coefficient (Wildman–Crippen LogP) is 4.13. The largest absolute Gasteiger partial charge is 0.444 e. The van der Waals surface area contributed by atoms with Gasteiger partial charge in [-0.2, -0.15) is 0 Å². The predicted molar refractivity (Wildman–Crippen MR) is 122 cm³/mol. The number of amides is 3. The van der Waals surface area contributed by atoms with Crippen molar-refractivity contribution in [3.63, 3.8) is 0 Å². The van der Waals surface area contributed by atoms with Crippen molar-refractivity contribution >= 4 is 41.3 Å². The zero-order valence-electron chi connectivity index (χ0n) is 17.7. The Morgan fingerprint density at radius 2 is 1.74 bits per heavy atom. The molecule has 0 bridgehead atoms. The monoisotopic (exact) mass is 443 g/mol. The number of alkyl carbamates (subject to hydrolysis) is 1. The molecule has 0 heterocycles. The Kier molecular flexibility index (Phi) is 8.63. The first-order valence-corrected chi connectivity index (χ1v) is 10.1. The number of rotatable bonds is 7. The first kappa shape index (κ1) is 24.0. The summed E-state index contributed by atoms with van der Waals surface area (Å²) in [5.41, 5.74) is 1.68. The van der Waals surface area contributed by atoms with Crippen LogP contribution in [-0.2, 0) is 20.9 Å². The highest BCUT2D eigenvalue weighted by Crippen LogP contribution is 2.13. The van der Waals surface area contributed by atoms with Crippen LogP contribution >= 0.6 is 11.6 Å². The highest BCUT2D eigenvalue weighted by molar-refractivity contribution is 6.30. The lowest BCUT2D eigenvalue weighted by Crippen LogP contribution is -2.39. The van der Waals surface area contributed by atoms with Gasteiger partial charge in [-0.25, -0.2) is 4.79 Å². The molecular formula is C23H26ClN3O4. The molecule has 0 atom stereocenters. The van der Waals surface area contributed by atoms with E-state index in [4.69, 9.17) is 16.3 Å². The minimum absolute atomic E-state index is 0.179. The number of carbonyl (C=O) groups is 3. The molecule has 0 aliphatic carbocycles. The van der Waals surface area contributed by atoms with Gasteiger partial charge < -0.3 is 20.7 Å². The molecule has 7 nitrogen and oxygen atoms in total. The summed E-state index contributed by atoms with van der Waals surface area (Å²) in [7, 11) is 0. The average molecular weight is 444 g/mol. The standard InChI is InChI=1S/C23H26ClN3O4/c1-23(2,3)31-22(30)26-15-21(29)25-14-17-7-10-19(11-8-17)27-20(28)12-9-16-5-4-6-18(24)13-16/h4-13H,14-15H2,1-3H3,(H,25,29)(H,26,30)(H,27,28)/b12-9+. The summed E-state index contributed by atoms with van der Waals surface area (Å²) in [5.74, 6) is -0.608. The molecule has 164 valence electrons. The van der Waals surface area contributed by atoms with Crippen molar-refractivity contribution in [1.29, 1.82) is 0 Å². The number of hydrogen-bond donors (Lipinski definition) is 3. The molecule has 3 amide bonds. The number of anilines is 1. The normalized spacial score (nSPS) is 11.1. The van der Waals surface area contributed by atoms with E-state index in [0.29, 0.717) is 10.7 Å². The first-order valence-electron chi connectivity index (χ1n) is 9.68. The van der Waals surface area contributed by atoms with Gasteiger partial charge in [0.2, 0.25) is 11.8 Å². The minimum atomic E-state index is -0.646. The zero-order valence-corrected chi connectivity index (χ0v) is 18.5. The van der Waals surface area contributed by atoms with Crippen LogP contribution in [0.25, 0.3) is 6.08 Å². The molecule has 2 rings (SSSR count). The Bertz CT molecular complexity index is 950. The highest BCUT2D eigenvalue weighted by atomic mass is 35.5. The first-order chi connectivity index (χ1) is 14.6. The zero-order chi connectivity index (χ0) is 22.9. The summed E-state index contributed by atoms with van der Waals surface area (Å²) in [5, 5.41) is 8.47. The van der Waals surface area contributed by atoms with Crippen LogP contribution < -0.4 is 16.0 Å². The van der Waals surface area contributed by atoms with Crippen LogP contribution in [0.15, 0.2) is 54.6 Å². The second-order valence-corrected chi connectivity index (χ2v) is 8.14. The van der Waals surface area contributed by atoms with Crippen molar-refractivity contribution in [3.05, 3.63) is 70.8 Å². The van der Waals surface area contributed by atoms with Crippen molar-refractivity contribution in [1.82, 2.24) is 10.6 Å². The number of carbonyl (C=O) groups excluding carboxylic acids is 3. The van der Waals surface area contributed by atoms with Crippen LogP contribution in [-0.4, -0.2) is 30.1 Å². The van der Waals surface area contributed by atoms with Crippen LogP contribution in [0.3, 0.4) is 0 Å². The topological polar surface area (TPSA) is 96.5 Å².